The van der Waals surface area contributed by atoms with Gasteiger partial charge < -0.3 is 10.4 Å². The zero-order valence-corrected chi connectivity index (χ0v) is 9.64. The predicted molar refractivity (Wildman–Crippen MR) is 65.0 cm³/mol. The summed E-state index contributed by atoms with van der Waals surface area (Å²) in [5.41, 5.74) is 0.832. The van der Waals surface area contributed by atoms with E-state index in [0.717, 1.165) is 23.8 Å². The lowest BCUT2D eigenvalue weighted by molar-refractivity contribution is 0.102. The summed E-state index contributed by atoms with van der Waals surface area (Å²) in [5, 5.41) is 12.0. The van der Waals surface area contributed by atoms with E-state index >= 15 is 0 Å². The maximum absolute atomic E-state index is 13.0. The monoisotopic (exact) mass is 246 g/mol. The summed E-state index contributed by atoms with van der Waals surface area (Å²) in [6.07, 6.45) is 1.60. The van der Waals surface area contributed by atoms with Gasteiger partial charge in [-0.05, 0) is 36.8 Å². The number of rotatable bonds is 2. The van der Waals surface area contributed by atoms with Crippen LogP contribution >= 0.6 is 0 Å². The van der Waals surface area contributed by atoms with E-state index in [9.17, 15) is 14.3 Å². The first-order valence-corrected chi connectivity index (χ1v) is 5.29. The number of pyridine rings is 1. The van der Waals surface area contributed by atoms with Crippen LogP contribution in [0.3, 0.4) is 0 Å². The molecule has 0 aliphatic heterocycles. The highest BCUT2D eigenvalue weighted by Crippen LogP contribution is 2.19. The third kappa shape index (κ3) is 2.63. The molecule has 0 atom stereocenters. The van der Waals surface area contributed by atoms with Crippen LogP contribution in [0.5, 0.6) is 5.75 Å². The van der Waals surface area contributed by atoms with Crippen LogP contribution in [0.1, 0.15) is 15.9 Å². The van der Waals surface area contributed by atoms with Gasteiger partial charge in [0.25, 0.3) is 5.91 Å². The molecule has 92 valence electrons. The number of amides is 1. The van der Waals surface area contributed by atoms with E-state index in [2.05, 4.69) is 10.3 Å². The highest BCUT2D eigenvalue weighted by Gasteiger charge is 2.12. The van der Waals surface area contributed by atoms with Crippen molar-refractivity contribution in [1.82, 2.24) is 4.98 Å². The van der Waals surface area contributed by atoms with Crippen LogP contribution in [0, 0.1) is 12.7 Å². The summed E-state index contributed by atoms with van der Waals surface area (Å²) in [7, 11) is 0. The van der Waals surface area contributed by atoms with Gasteiger partial charge in [0, 0.05) is 6.20 Å². The molecule has 0 fully saturated rings. The van der Waals surface area contributed by atoms with Crippen molar-refractivity contribution in [2.75, 3.05) is 5.32 Å². The smallest absolute Gasteiger partial charge is 0.260 e. The maximum atomic E-state index is 13.0. The van der Waals surface area contributed by atoms with E-state index in [1.54, 1.807) is 18.3 Å². The van der Waals surface area contributed by atoms with Crippen molar-refractivity contribution in [3.63, 3.8) is 0 Å². The number of anilines is 1. The topological polar surface area (TPSA) is 62.2 Å². The summed E-state index contributed by atoms with van der Waals surface area (Å²) in [5.74, 6) is -1.13. The Balaban J connectivity index is 2.21. The summed E-state index contributed by atoms with van der Waals surface area (Å²) in [6.45, 7) is 1.87. The number of carbonyl (C=O) groups is 1. The molecule has 0 bridgehead atoms. The molecule has 5 heteroatoms. The van der Waals surface area contributed by atoms with Gasteiger partial charge in [0.15, 0.2) is 0 Å². The first-order valence-electron chi connectivity index (χ1n) is 5.29. The number of phenols is 1. The fraction of sp³-hybridized carbons (Fsp3) is 0.0769. The quantitative estimate of drug-likeness (QED) is 0.855. The highest BCUT2D eigenvalue weighted by atomic mass is 19.1. The largest absolute Gasteiger partial charge is 0.507 e. The second kappa shape index (κ2) is 4.83. The van der Waals surface area contributed by atoms with Crippen molar-refractivity contribution in [2.45, 2.75) is 6.92 Å². The molecule has 0 radical (unpaired) electrons. The maximum Gasteiger partial charge on any atom is 0.260 e. The number of aryl methyl sites for hydroxylation is 1. The van der Waals surface area contributed by atoms with Gasteiger partial charge in [-0.1, -0.05) is 6.07 Å². The average molecular weight is 246 g/mol. The molecule has 4 nitrogen and oxygen atoms in total. The third-order valence-electron chi connectivity index (χ3n) is 2.36. The fourth-order valence-electron chi connectivity index (χ4n) is 1.42. The van der Waals surface area contributed by atoms with Crippen molar-refractivity contribution in [3.8, 4) is 5.75 Å². The molecule has 1 heterocycles. The Hall–Kier alpha value is -2.43. The number of nitrogens with one attached hydrogen (secondary N) is 1. The zero-order chi connectivity index (χ0) is 13.1. The molecule has 2 N–H and O–H groups in total. The van der Waals surface area contributed by atoms with Gasteiger partial charge >= 0.3 is 0 Å². The number of hydrogen-bond acceptors (Lipinski definition) is 3. The zero-order valence-electron chi connectivity index (χ0n) is 9.64. The van der Waals surface area contributed by atoms with E-state index in [4.69, 9.17) is 0 Å². The van der Waals surface area contributed by atoms with E-state index in [-0.39, 0.29) is 11.3 Å². The first-order chi connectivity index (χ1) is 8.56. The Morgan fingerprint density at radius 1 is 1.33 bits per heavy atom. The molecule has 0 saturated heterocycles. The van der Waals surface area contributed by atoms with Crippen molar-refractivity contribution < 1.29 is 14.3 Å². The fourth-order valence-corrected chi connectivity index (χ4v) is 1.42. The summed E-state index contributed by atoms with van der Waals surface area (Å²) < 4.78 is 13.0. The number of aromatic nitrogens is 1. The van der Waals surface area contributed by atoms with Gasteiger partial charge in [0.1, 0.15) is 17.4 Å². The molecule has 2 rings (SSSR count). The standard InChI is InChI=1S/C13H11FN2O2/c1-8-2-5-12(15-7-8)16-13(18)10-6-9(14)3-4-11(10)17/h2-7,17H,1H3,(H,15,16,18). The van der Waals surface area contributed by atoms with Crippen molar-refractivity contribution >= 4 is 11.7 Å². The Morgan fingerprint density at radius 3 is 2.78 bits per heavy atom. The number of benzene rings is 1. The second-order valence-corrected chi connectivity index (χ2v) is 3.84. The molecular weight excluding hydrogens is 235 g/mol. The molecule has 0 spiro atoms. The molecule has 2 aromatic rings. The molecule has 0 aliphatic rings. The number of carbonyl (C=O) groups excluding carboxylic acids is 1. The summed E-state index contributed by atoms with van der Waals surface area (Å²) in [6, 6.07) is 6.60. The van der Waals surface area contributed by atoms with Crippen molar-refractivity contribution in [2.24, 2.45) is 0 Å². The highest BCUT2D eigenvalue weighted by molar-refractivity contribution is 6.05. The number of halogens is 1. The summed E-state index contributed by atoms with van der Waals surface area (Å²) >= 11 is 0. The number of hydrogen-bond donors (Lipinski definition) is 2. The van der Waals surface area contributed by atoms with Crippen LogP contribution < -0.4 is 5.32 Å². The minimum absolute atomic E-state index is 0.127. The van der Waals surface area contributed by atoms with E-state index in [0.29, 0.717) is 5.82 Å². The van der Waals surface area contributed by atoms with Gasteiger partial charge in [-0.25, -0.2) is 9.37 Å². The van der Waals surface area contributed by atoms with Gasteiger partial charge in [-0.15, -0.1) is 0 Å². The third-order valence-corrected chi connectivity index (χ3v) is 2.36. The molecule has 18 heavy (non-hydrogen) atoms. The van der Waals surface area contributed by atoms with Gasteiger partial charge in [-0.3, -0.25) is 4.79 Å². The average Bonchev–Trinajstić information content (AvgIpc) is 2.35. The molecule has 0 unspecified atom stereocenters. The molecule has 1 amide bonds. The summed E-state index contributed by atoms with van der Waals surface area (Å²) in [4.78, 5) is 15.8. The van der Waals surface area contributed by atoms with Crippen molar-refractivity contribution in [1.29, 1.82) is 0 Å². The van der Waals surface area contributed by atoms with Crippen LogP contribution in [0.25, 0.3) is 0 Å². The Labute approximate surface area is 103 Å². The van der Waals surface area contributed by atoms with Gasteiger partial charge in [0.05, 0.1) is 5.56 Å². The van der Waals surface area contributed by atoms with Gasteiger partial charge in [0.2, 0.25) is 0 Å². The Morgan fingerprint density at radius 2 is 2.11 bits per heavy atom. The minimum Gasteiger partial charge on any atom is -0.507 e. The molecule has 1 aromatic heterocycles. The number of aromatic hydroxyl groups is 1. The van der Waals surface area contributed by atoms with Crippen LogP contribution in [0.15, 0.2) is 36.5 Å². The number of nitrogens with zero attached hydrogens (tertiary/aromatic N) is 1. The Kier molecular flexibility index (Phi) is 3.23. The van der Waals surface area contributed by atoms with Crippen LogP contribution in [-0.4, -0.2) is 16.0 Å². The predicted octanol–water partition coefficient (Wildman–Crippen LogP) is 2.49. The molecule has 1 aromatic carbocycles. The molecular formula is C13H11FN2O2. The van der Waals surface area contributed by atoms with Crippen molar-refractivity contribution in [3.05, 3.63) is 53.5 Å². The SMILES string of the molecule is Cc1ccc(NC(=O)c2cc(F)ccc2O)nc1. The van der Waals surface area contributed by atoms with E-state index < -0.39 is 11.7 Å². The first kappa shape index (κ1) is 12.0. The molecule has 0 aliphatic carbocycles. The number of phenolic OH excluding ortho intramolecular Hbond substituents is 1. The normalized spacial score (nSPS) is 10.1. The lowest BCUT2D eigenvalue weighted by atomic mass is 10.2. The van der Waals surface area contributed by atoms with Gasteiger partial charge in [-0.2, -0.15) is 0 Å². The second-order valence-electron chi connectivity index (χ2n) is 3.84. The van der Waals surface area contributed by atoms with E-state index in [1.807, 2.05) is 6.92 Å². The lowest BCUT2D eigenvalue weighted by Crippen LogP contribution is -2.13. The Bertz CT molecular complexity index is 582. The lowest BCUT2D eigenvalue weighted by Gasteiger charge is -2.06. The van der Waals surface area contributed by atoms with Crippen LogP contribution in [0.2, 0.25) is 0 Å². The molecule has 0 saturated carbocycles. The minimum atomic E-state index is -0.608. The van der Waals surface area contributed by atoms with Crippen LogP contribution in [-0.2, 0) is 0 Å². The van der Waals surface area contributed by atoms with E-state index in [1.165, 1.54) is 0 Å². The van der Waals surface area contributed by atoms with Crippen LogP contribution in [0.4, 0.5) is 10.2 Å².